The zero-order chi connectivity index (χ0) is 14.4. The Balaban J connectivity index is 1.69. The summed E-state index contributed by atoms with van der Waals surface area (Å²) in [5.74, 6) is 0.402. The fraction of sp³-hybridized carbons (Fsp3) is 0.357. The Morgan fingerprint density at radius 3 is 2.80 bits per heavy atom. The van der Waals surface area contributed by atoms with Crippen molar-refractivity contribution in [3.63, 3.8) is 0 Å². The van der Waals surface area contributed by atoms with Crippen LogP contribution in [0.15, 0.2) is 36.0 Å². The maximum atomic E-state index is 11.6. The number of ether oxygens (including phenoxy) is 1. The zero-order valence-electron chi connectivity index (χ0n) is 11.4. The van der Waals surface area contributed by atoms with E-state index in [0.29, 0.717) is 10.8 Å². The van der Waals surface area contributed by atoms with Gasteiger partial charge in [-0.05, 0) is 30.3 Å². The average Bonchev–Trinajstić information content (AvgIpc) is 2.46. The van der Waals surface area contributed by atoms with E-state index < -0.39 is 0 Å². The highest BCUT2D eigenvalue weighted by atomic mass is 35.5. The third-order valence-electron chi connectivity index (χ3n) is 3.06. The van der Waals surface area contributed by atoms with E-state index in [4.69, 9.17) is 16.3 Å². The van der Waals surface area contributed by atoms with Gasteiger partial charge in [0.2, 0.25) is 0 Å². The molecule has 0 aromatic heterocycles. The molecule has 1 unspecified atom stereocenters. The third-order valence-corrected chi connectivity index (χ3v) is 3.32. The summed E-state index contributed by atoms with van der Waals surface area (Å²) in [6.07, 6.45) is 3.03. The molecule has 0 aliphatic carbocycles. The van der Waals surface area contributed by atoms with Crippen molar-refractivity contribution in [2.75, 3.05) is 26.7 Å². The lowest BCUT2D eigenvalue weighted by Gasteiger charge is -2.20. The molecule has 1 atom stereocenters. The topological polar surface area (TPSA) is 54.8 Å². The van der Waals surface area contributed by atoms with Crippen LogP contribution >= 0.6 is 11.6 Å². The lowest BCUT2D eigenvalue weighted by molar-refractivity contribution is -0.875. The number of quaternary nitrogens is 1. The van der Waals surface area contributed by atoms with Crippen LogP contribution < -0.4 is 20.5 Å². The molecule has 2 rings (SSSR count). The maximum Gasteiger partial charge on any atom is 0.276 e. The van der Waals surface area contributed by atoms with Gasteiger partial charge in [-0.3, -0.25) is 10.2 Å². The summed E-state index contributed by atoms with van der Waals surface area (Å²) in [5.41, 5.74) is 6.62. The Morgan fingerprint density at radius 1 is 1.40 bits per heavy atom. The second-order valence-electron chi connectivity index (χ2n) is 4.81. The van der Waals surface area contributed by atoms with Crippen molar-refractivity contribution in [1.29, 1.82) is 0 Å². The van der Waals surface area contributed by atoms with Crippen LogP contribution in [0.3, 0.4) is 0 Å². The summed E-state index contributed by atoms with van der Waals surface area (Å²) in [7, 11) is 2.14. The summed E-state index contributed by atoms with van der Waals surface area (Å²) in [6, 6.07) is 6.90. The normalized spacial score (nSPS) is 18.1. The van der Waals surface area contributed by atoms with Crippen LogP contribution in [0, 0.1) is 0 Å². The number of amides is 1. The molecule has 108 valence electrons. The number of nitrogens with one attached hydrogen (secondary N) is 3. The van der Waals surface area contributed by atoms with Gasteiger partial charge >= 0.3 is 0 Å². The van der Waals surface area contributed by atoms with Crippen molar-refractivity contribution in [3.05, 3.63) is 41.1 Å². The van der Waals surface area contributed by atoms with Crippen molar-refractivity contribution < 1.29 is 14.4 Å². The fourth-order valence-electron chi connectivity index (χ4n) is 1.83. The second kappa shape index (κ2) is 7.17. The smallest absolute Gasteiger partial charge is 0.276 e. The van der Waals surface area contributed by atoms with E-state index in [0.717, 1.165) is 25.2 Å². The first-order valence-corrected chi connectivity index (χ1v) is 6.95. The van der Waals surface area contributed by atoms with Crippen molar-refractivity contribution >= 4 is 17.5 Å². The van der Waals surface area contributed by atoms with Crippen molar-refractivity contribution in [3.8, 4) is 5.75 Å². The predicted molar refractivity (Wildman–Crippen MR) is 77.5 cm³/mol. The number of hydrazine groups is 1. The van der Waals surface area contributed by atoms with E-state index in [1.165, 1.54) is 4.90 Å². The first-order chi connectivity index (χ1) is 9.63. The highest BCUT2D eigenvalue weighted by molar-refractivity contribution is 6.30. The van der Waals surface area contributed by atoms with Gasteiger partial charge in [-0.2, -0.15) is 0 Å². The molecule has 1 aromatic rings. The van der Waals surface area contributed by atoms with Gasteiger partial charge in [0, 0.05) is 17.1 Å². The number of carbonyl (C=O) groups is 1. The SMILES string of the molecule is C[NH+]1CC=C(NNC(=O)COc2ccc(Cl)cc2)CC1. The number of carbonyl (C=O) groups excluding carboxylic acids is 1. The second-order valence-corrected chi connectivity index (χ2v) is 5.24. The third kappa shape index (κ3) is 4.75. The molecule has 1 aliphatic rings. The van der Waals surface area contributed by atoms with E-state index in [2.05, 4.69) is 24.0 Å². The van der Waals surface area contributed by atoms with Gasteiger partial charge in [0.05, 0.1) is 20.1 Å². The van der Waals surface area contributed by atoms with E-state index in [9.17, 15) is 4.79 Å². The standard InChI is InChI=1S/C14H18ClN3O2/c1-18-8-6-12(7-9-18)16-17-14(19)10-20-13-4-2-11(15)3-5-13/h2-6,16H,7-10H2,1H3,(H,17,19)/p+1. The highest BCUT2D eigenvalue weighted by Gasteiger charge is 2.11. The van der Waals surface area contributed by atoms with Gasteiger partial charge in [-0.15, -0.1) is 0 Å². The number of benzene rings is 1. The van der Waals surface area contributed by atoms with Crippen LogP contribution in [-0.2, 0) is 4.79 Å². The number of likely N-dealkylation sites (N-methyl/N-ethyl adjacent to an activating group) is 1. The van der Waals surface area contributed by atoms with Gasteiger partial charge in [0.1, 0.15) is 5.75 Å². The summed E-state index contributed by atoms with van der Waals surface area (Å²) >= 11 is 5.77. The van der Waals surface area contributed by atoms with Crippen LogP contribution in [0.1, 0.15) is 6.42 Å². The molecule has 1 aromatic carbocycles. The maximum absolute atomic E-state index is 11.6. The van der Waals surface area contributed by atoms with Gasteiger partial charge in [-0.25, -0.2) is 0 Å². The molecular formula is C14H19ClN3O2+. The summed E-state index contributed by atoms with van der Waals surface area (Å²) < 4.78 is 5.35. The Morgan fingerprint density at radius 2 is 2.15 bits per heavy atom. The lowest BCUT2D eigenvalue weighted by Crippen LogP contribution is -3.09. The molecule has 0 bridgehead atoms. The van der Waals surface area contributed by atoms with Crippen molar-refractivity contribution in [2.45, 2.75) is 6.42 Å². The molecule has 1 amide bonds. The molecule has 5 nitrogen and oxygen atoms in total. The van der Waals surface area contributed by atoms with Crippen LogP contribution in [0.5, 0.6) is 5.75 Å². The van der Waals surface area contributed by atoms with Gasteiger partial charge in [-0.1, -0.05) is 11.6 Å². The molecule has 0 spiro atoms. The molecule has 20 heavy (non-hydrogen) atoms. The van der Waals surface area contributed by atoms with E-state index >= 15 is 0 Å². The van der Waals surface area contributed by atoms with E-state index in [1.807, 2.05) is 0 Å². The fourth-order valence-corrected chi connectivity index (χ4v) is 1.95. The van der Waals surface area contributed by atoms with Crippen LogP contribution in [0.25, 0.3) is 0 Å². The quantitative estimate of drug-likeness (QED) is 0.678. The highest BCUT2D eigenvalue weighted by Crippen LogP contribution is 2.15. The number of halogens is 1. The molecule has 0 fully saturated rings. The molecule has 1 heterocycles. The largest absolute Gasteiger partial charge is 0.484 e. The first-order valence-electron chi connectivity index (χ1n) is 6.57. The van der Waals surface area contributed by atoms with Crippen LogP contribution in [0.4, 0.5) is 0 Å². The monoisotopic (exact) mass is 296 g/mol. The minimum Gasteiger partial charge on any atom is -0.484 e. The lowest BCUT2D eigenvalue weighted by atomic mass is 10.2. The van der Waals surface area contributed by atoms with Crippen LogP contribution in [0.2, 0.25) is 5.02 Å². The van der Waals surface area contributed by atoms with Crippen molar-refractivity contribution in [2.24, 2.45) is 0 Å². The van der Waals surface area contributed by atoms with Gasteiger partial charge in [0.25, 0.3) is 5.91 Å². The molecule has 3 N–H and O–H groups in total. The molecule has 6 heteroatoms. The first kappa shape index (κ1) is 14.7. The molecule has 0 saturated carbocycles. The Labute approximate surface area is 123 Å². The Hall–Kier alpha value is -1.72. The van der Waals surface area contributed by atoms with Gasteiger partial charge < -0.3 is 15.1 Å². The zero-order valence-corrected chi connectivity index (χ0v) is 12.2. The molecule has 1 aliphatic heterocycles. The van der Waals surface area contributed by atoms with Crippen molar-refractivity contribution in [1.82, 2.24) is 10.9 Å². The molecule has 0 radical (unpaired) electrons. The minimum absolute atomic E-state index is 0.0347. The van der Waals surface area contributed by atoms with E-state index in [-0.39, 0.29) is 12.5 Å². The van der Waals surface area contributed by atoms with E-state index in [1.54, 1.807) is 24.3 Å². The Bertz CT molecular complexity index is 488. The molecular weight excluding hydrogens is 278 g/mol. The number of hydrogen-bond donors (Lipinski definition) is 3. The summed E-state index contributed by atoms with van der Waals surface area (Å²) in [4.78, 5) is 13.1. The predicted octanol–water partition coefficient (Wildman–Crippen LogP) is 0.142. The van der Waals surface area contributed by atoms with Gasteiger partial charge in [0.15, 0.2) is 6.61 Å². The molecule has 0 saturated heterocycles. The minimum atomic E-state index is -0.216. The van der Waals surface area contributed by atoms with Crippen LogP contribution in [-0.4, -0.2) is 32.7 Å². The average molecular weight is 297 g/mol. The summed E-state index contributed by atoms with van der Waals surface area (Å²) in [6.45, 7) is 2.00. The number of rotatable bonds is 5. The number of hydrogen-bond acceptors (Lipinski definition) is 3. The summed E-state index contributed by atoms with van der Waals surface area (Å²) in [5, 5.41) is 0.639. The Kier molecular flexibility index (Phi) is 5.26.